The van der Waals surface area contributed by atoms with Gasteiger partial charge in [-0.05, 0) is 32.0 Å². The van der Waals surface area contributed by atoms with E-state index in [1.807, 2.05) is 25.1 Å². The van der Waals surface area contributed by atoms with Gasteiger partial charge >= 0.3 is 0 Å². The Morgan fingerprint density at radius 3 is 2.78 bits per heavy atom. The zero-order valence-electron chi connectivity index (χ0n) is 12.7. The normalized spacial score (nSPS) is 12.1. The minimum Gasteiger partial charge on any atom is -0.459 e. The van der Waals surface area contributed by atoms with Gasteiger partial charge in [-0.3, -0.25) is 4.79 Å². The number of amides is 1. The third-order valence-corrected chi connectivity index (χ3v) is 4.20. The summed E-state index contributed by atoms with van der Waals surface area (Å²) in [5.74, 6) is 1.13. The SMILES string of the molecule is Cc1ccc(-c2nc(C(=O)Nc3ccccc3C(C)O)cs2)o1. The number of furan rings is 1. The molecule has 2 aromatic heterocycles. The van der Waals surface area contributed by atoms with Gasteiger partial charge in [-0.15, -0.1) is 11.3 Å². The average Bonchev–Trinajstić information content (AvgIpc) is 3.16. The van der Waals surface area contributed by atoms with Gasteiger partial charge in [0, 0.05) is 16.6 Å². The number of nitrogens with one attached hydrogen (secondary N) is 1. The molecule has 0 aliphatic rings. The molecule has 6 heteroatoms. The van der Waals surface area contributed by atoms with Crippen LogP contribution in [0, 0.1) is 6.92 Å². The van der Waals surface area contributed by atoms with Crippen LogP contribution in [-0.2, 0) is 0 Å². The first kappa shape index (κ1) is 15.5. The number of aliphatic hydroxyl groups excluding tert-OH is 1. The molecule has 0 saturated carbocycles. The van der Waals surface area contributed by atoms with E-state index in [9.17, 15) is 9.90 Å². The van der Waals surface area contributed by atoms with E-state index in [-0.39, 0.29) is 5.91 Å². The van der Waals surface area contributed by atoms with Gasteiger partial charge < -0.3 is 14.8 Å². The molecule has 0 spiro atoms. The molecule has 23 heavy (non-hydrogen) atoms. The van der Waals surface area contributed by atoms with Crippen LogP contribution in [0.2, 0.25) is 0 Å². The standard InChI is InChI=1S/C17H16N2O3S/c1-10-7-8-15(22-10)17-19-14(9-23-17)16(21)18-13-6-4-3-5-12(13)11(2)20/h3-9,11,20H,1-2H3,(H,18,21). The molecule has 0 aliphatic carbocycles. The first-order chi connectivity index (χ1) is 11.0. The van der Waals surface area contributed by atoms with Gasteiger partial charge in [-0.1, -0.05) is 18.2 Å². The number of nitrogens with zero attached hydrogens (tertiary/aromatic N) is 1. The van der Waals surface area contributed by atoms with E-state index in [2.05, 4.69) is 10.3 Å². The molecular weight excluding hydrogens is 312 g/mol. The fraction of sp³-hybridized carbons (Fsp3) is 0.176. The summed E-state index contributed by atoms with van der Waals surface area (Å²) < 4.78 is 5.51. The number of rotatable bonds is 4. The number of hydrogen-bond donors (Lipinski definition) is 2. The van der Waals surface area contributed by atoms with Crippen molar-refractivity contribution in [1.29, 1.82) is 0 Å². The van der Waals surface area contributed by atoms with Crippen LogP contribution in [-0.4, -0.2) is 16.0 Å². The Kier molecular flexibility index (Phi) is 4.27. The van der Waals surface area contributed by atoms with Crippen LogP contribution in [0.1, 0.15) is 34.8 Å². The van der Waals surface area contributed by atoms with E-state index in [0.717, 1.165) is 5.76 Å². The lowest BCUT2D eigenvalue weighted by Crippen LogP contribution is -2.14. The van der Waals surface area contributed by atoms with Crippen LogP contribution in [0.3, 0.4) is 0 Å². The maximum Gasteiger partial charge on any atom is 0.275 e. The summed E-state index contributed by atoms with van der Waals surface area (Å²) in [6.45, 7) is 3.52. The highest BCUT2D eigenvalue weighted by Crippen LogP contribution is 2.27. The Hall–Kier alpha value is -2.44. The molecule has 0 radical (unpaired) electrons. The summed E-state index contributed by atoms with van der Waals surface area (Å²) in [7, 11) is 0. The number of para-hydroxylation sites is 1. The summed E-state index contributed by atoms with van der Waals surface area (Å²) in [6.07, 6.45) is -0.663. The summed E-state index contributed by atoms with van der Waals surface area (Å²) in [5.41, 5.74) is 1.56. The summed E-state index contributed by atoms with van der Waals surface area (Å²) in [4.78, 5) is 16.7. The molecule has 5 nitrogen and oxygen atoms in total. The predicted molar refractivity (Wildman–Crippen MR) is 89.6 cm³/mol. The lowest BCUT2D eigenvalue weighted by atomic mass is 10.1. The number of carbonyl (C=O) groups excluding carboxylic acids is 1. The van der Waals surface area contributed by atoms with E-state index in [1.54, 1.807) is 30.5 Å². The van der Waals surface area contributed by atoms with Gasteiger partial charge in [0.2, 0.25) is 0 Å². The van der Waals surface area contributed by atoms with Gasteiger partial charge in [-0.2, -0.15) is 0 Å². The van der Waals surface area contributed by atoms with E-state index >= 15 is 0 Å². The molecule has 1 aromatic carbocycles. The number of aromatic nitrogens is 1. The Bertz CT molecular complexity index is 836. The number of thiazole rings is 1. The zero-order valence-corrected chi connectivity index (χ0v) is 13.6. The van der Waals surface area contributed by atoms with Crippen LogP contribution in [0.4, 0.5) is 5.69 Å². The van der Waals surface area contributed by atoms with Crippen molar-refractivity contribution < 1.29 is 14.3 Å². The summed E-state index contributed by atoms with van der Waals surface area (Å²) in [5, 5.41) is 14.9. The summed E-state index contributed by atoms with van der Waals surface area (Å²) >= 11 is 1.35. The zero-order chi connectivity index (χ0) is 16.4. The molecule has 0 saturated heterocycles. The maximum atomic E-state index is 12.4. The van der Waals surface area contributed by atoms with E-state index in [4.69, 9.17) is 4.42 Å². The van der Waals surface area contributed by atoms with Crippen LogP contribution in [0.25, 0.3) is 10.8 Å². The number of aliphatic hydroxyl groups is 1. The second-order valence-electron chi connectivity index (χ2n) is 5.17. The molecule has 3 aromatic rings. The van der Waals surface area contributed by atoms with Gasteiger partial charge in [0.15, 0.2) is 10.8 Å². The monoisotopic (exact) mass is 328 g/mol. The molecule has 3 rings (SSSR count). The molecule has 1 amide bonds. The molecule has 0 aliphatic heterocycles. The summed E-state index contributed by atoms with van der Waals surface area (Å²) in [6, 6.07) is 10.8. The second kappa shape index (κ2) is 6.36. The fourth-order valence-electron chi connectivity index (χ4n) is 2.20. The quantitative estimate of drug-likeness (QED) is 0.758. The highest BCUT2D eigenvalue weighted by atomic mass is 32.1. The van der Waals surface area contributed by atoms with E-state index < -0.39 is 6.10 Å². The van der Waals surface area contributed by atoms with Gasteiger partial charge in [0.05, 0.1) is 6.10 Å². The molecule has 1 atom stereocenters. The molecule has 1 unspecified atom stereocenters. The van der Waals surface area contributed by atoms with E-state index in [0.29, 0.717) is 27.7 Å². The van der Waals surface area contributed by atoms with Crippen molar-refractivity contribution in [3.8, 4) is 10.8 Å². The minimum absolute atomic E-state index is 0.316. The predicted octanol–water partition coefficient (Wildman–Crippen LogP) is 4.02. The molecular formula is C17H16N2O3S. The Balaban J connectivity index is 1.81. The lowest BCUT2D eigenvalue weighted by Gasteiger charge is -2.12. The Labute approximate surface area is 137 Å². The first-order valence-corrected chi connectivity index (χ1v) is 8.03. The number of aryl methyl sites for hydroxylation is 1. The number of hydrogen-bond acceptors (Lipinski definition) is 5. The maximum absolute atomic E-state index is 12.4. The van der Waals surface area contributed by atoms with Crippen molar-refractivity contribution in [2.24, 2.45) is 0 Å². The number of anilines is 1. The highest BCUT2D eigenvalue weighted by molar-refractivity contribution is 7.13. The largest absolute Gasteiger partial charge is 0.459 e. The van der Waals surface area contributed by atoms with Crippen molar-refractivity contribution in [2.75, 3.05) is 5.32 Å². The van der Waals surface area contributed by atoms with Crippen molar-refractivity contribution in [2.45, 2.75) is 20.0 Å². The second-order valence-corrected chi connectivity index (χ2v) is 6.02. The average molecular weight is 328 g/mol. The van der Waals surface area contributed by atoms with E-state index in [1.165, 1.54) is 11.3 Å². The number of carbonyl (C=O) groups is 1. The molecule has 2 heterocycles. The van der Waals surface area contributed by atoms with Crippen LogP contribution in [0.5, 0.6) is 0 Å². The van der Waals surface area contributed by atoms with Crippen molar-refractivity contribution in [3.05, 3.63) is 58.8 Å². The molecule has 118 valence electrons. The fourth-order valence-corrected chi connectivity index (χ4v) is 2.96. The first-order valence-electron chi connectivity index (χ1n) is 7.15. The van der Waals surface area contributed by atoms with Gasteiger partial charge in [-0.25, -0.2) is 4.98 Å². The Morgan fingerprint density at radius 2 is 2.09 bits per heavy atom. The minimum atomic E-state index is -0.663. The third-order valence-electron chi connectivity index (χ3n) is 3.35. The molecule has 0 fully saturated rings. The van der Waals surface area contributed by atoms with Crippen LogP contribution >= 0.6 is 11.3 Å². The van der Waals surface area contributed by atoms with Crippen molar-refractivity contribution in [1.82, 2.24) is 4.98 Å². The van der Waals surface area contributed by atoms with Crippen molar-refractivity contribution in [3.63, 3.8) is 0 Å². The van der Waals surface area contributed by atoms with Crippen molar-refractivity contribution >= 4 is 22.9 Å². The smallest absolute Gasteiger partial charge is 0.275 e. The van der Waals surface area contributed by atoms with Crippen LogP contribution < -0.4 is 5.32 Å². The highest BCUT2D eigenvalue weighted by Gasteiger charge is 2.16. The lowest BCUT2D eigenvalue weighted by molar-refractivity contribution is 0.102. The van der Waals surface area contributed by atoms with Gasteiger partial charge in [0.1, 0.15) is 11.5 Å². The number of benzene rings is 1. The molecule has 0 bridgehead atoms. The third kappa shape index (κ3) is 3.33. The van der Waals surface area contributed by atoms with Gasteiger partial charge in [0.25, 0.3) is 5.91 Å². The topological polar surface area (TPSA) is 75.4 Å². The molecule has 2 N–H and O–H groups in total. The van der Waals surface area contributed by atoms with Crippen LogP contribution in [0.15, 0.2) is 46.2 Å². The Morgan fingerprint density at radius 1 is 1.30 bits per heavy atom.